The van der Waals surface area contributed by atoms with E-state index in [4.69, 9.17) is 4.74 Å². The van der Waals surface area contributed by atoms with Crippen LogP contribution in [0.5, 0.6) is 5.75 Å². The first-order valence-corrected chi connectivity index (χ1v) is 4.63. The zero-order valence-electron chi connectivity index (χ0n) is 8.58. The van der Waals surface area contributed by atoms with Crippen LogP contribution < -0.4 is 9.84 Å². The molecule has 0 bridgehead atoms. The molecule has 0 aliphatic carbocycles. The molecule has 0 N–H and O–H groups in total. The molecule has 0 aliphatic heterocycles. The molecule has 0 radical (unpaired) electrons. The van der Waals surface area contributed by atoms with E-state index in [1.807, 2.05) is 30.3 Å². The Morgan fingerprint density at radius 3 is 2.56 bits per heavy atom. The first-order chi connectivity index (χ1) is 7.72. The SMILES string of the molecule is COc1cn(-c2ccccc2)nc1C(=O)[O-]. The molecule has 0 aliphatic rings. The smallest absolute Gasteiger partial charge is 0.166 e. The molecule has 1 aromatic heterocycles. The van der Waals surface area contributed by atoms with Crippen LogP contribution in [0.15, 0.2) is 36.5 Å². The van der Waals surface area contributed by atoms with E-state index in [2.05, 4.69) is 5.10 Å². The lowest BCUT2D eigenvalue weighted by molar-refractivity contribution is -0.255. The number of benzene rings is 1. The summed E-state index contributed by atoms with van der Waals surface area (Å²) in [6, 6.07) is 9.16. The van der Waals surface area contributed by atoms with Gasteiger partial charge in [0.05, 0.1) is 25.0 Å². The number of carboxylic acids is 1. The third kappa shape index (κ3) is 1.75. The molecule has 5 nitrogen and oxygen atoms in total. The second-order valence-electron chi connectivity index (χ2n) is 3.11. The van der Waals surface area contributed by atoms with Crippen LogP contribution in [0, 0.1) is 0 Å². The molecule has 2 rings (SSSR count). The van der Waals surface area contributed by atoms with Crippen molar-refractivity contribution in [3.63, 3.8) is 0 Å². The van der Waals surface area contributed by atoms with Crippen LogP contribution in [0.25, 0.3) is 5.69 Å². The highest BCUT2D eigenvalue weighted by Gasteiger charge is 2.10. The first kappa shape index (κ1) is 10.2. The number of aromatic carboxylic acids is 1. The molecule has 1 aromatic carbocycles. The Bertz CT molecular complexity index is 505. The standard InChI is InChI=1S/C11H10N2O3/c1-16-9-7-13(12-10(9)11(14)15)8-5-3-2-4-6-8/h2-7H,1H3,(H,14,15)/p-1. The van der Waals surface area contributed by atoms with Crippen LogP contribution >= 0.6 is 0 Å². The van der Waals surface area contributed by atoms with E-state index in [0.717, 1.165) is 5.69 Å². The van der Waals surface area contributed by atoms with Gasteiger partial charge in [-0.25, -0.2) is 4.68 Å². The number of hydrogen-bond donors (Lipinski definition) is 0. The predicted octanol–water partition coefficient (Wildman–Crippen LogP) is 0.244. The van der Waals surface area contributed by atoms with Crippen molar-refractivity contribution >= 4 is 5.97 Å². The zero-order chi connectivity index (χ0) is 11.5. The Hall–Kier alpha value is -2.30. The van der Waals surface area contributed by atoms with Crippen molar-refractivity contribution in [2.75, 3.05) is 7.11 Å². The fourth-order valence-corrected chi connectivity index (χ4v) is 1.36. The monoisotopic (exact) mass is 217 g/mol. The summed E-state index contributed by atoms with van der Waals surface area (Å²) in [6.45, 7) is 0. The van der Waals surface area contributed by atoms with E-state index >= 15 is 0 Å². The highest BCUT2D eigenvalue weighted by molar-refractivity contribution is 5.86. The Balaban J connectivity index is 2.48. The normalized spacial score (nSPS) is 10.1. The van der Waals surface area contributed by atoms with Gasteiger partial charge in [0, 0.05) is 0 Å². The number of rotatable bonds is 3. The molecule has 0 atom stereocenters. The minimum absolute atomic E-state index is 0.184. The van der Waals surface area contributed by atoms with E-state index in [-0.39, 0.29) is 11.4 Å². The number of methoxy groups -OCH3 is 1. The third-order valence-electron chi connectivity index (χ3n) is 2.11. The van der Waals surface area contributed by atoms with Crippen LogP contribution in [-0.4, -0.2) is 22.9 Å². The molecule has 0 spiro atoms. The molecule has 0 saturated heterocycles. The maximum Gasteiger partial charge on any atom is 0.166 e. The van der Waals surface area contributed by atoms with Gasteiger partial charge in [0.2, 0.25) is 0 Å². The van der Waals surface area contributed by atoms with E-state index in [9.17, 15) is 9.90 Å². The number of nitrogens with zero attached hydrogens (tertiary/aromatic N) is 2. The fourth-order valence-electron chi connectivity index (χ4n) is 1.36. The van der Waals surface area contributed by atoms with Gasteiger partial charge in [-0.3, -0.25) is 0 Å². The van der Waals surface area contributed by atoms with Crippen molar-refractivity contribution < 1.29 is 14.6 Å². The lowest BCUT2D eigenvalue weighted by atomic mass is 10.3. The quantitative estimate of drug-likeness (QED) is 0.738. The number of hydrogen-bond acceptors (Lipinski definition) is 4. The van der Waals surface area contributed by atoms with Gasteiger partial charge >= 0.3 is 0 Å². The highest BCUT2D eigenvalue weighted by Crippen LogP contribution is 2.18. The average molecular weight is 217 g/mol. The largest absolute Gasteiger partial charge is 0.543 e. The van der Waals surface area contributed by atoms with Gasteiger partial charge in [-0.15, -0.1) is 0 Å². The van der Waals surface area contributed by atoms with Crippen molar-refractivity contribution in [3.05, 3.63) is 42.2 Å². The van der Waals surface area contributed by atoms with Crippen LogP contribution in [0.2, 0.25) is 0 Å². The van der Waals surface area contributed by atoms with E-state index in [1.54, 1.807) is 0 Å². The Morgan fingerprint density at radius 1 is 1.38 bits per heavy atom. The van der Waals surface area contributed by atoms with Crippen molar-refractivity contribution in [3.8, 4) is 11.4 Å². The molecule has 0 fully saturated rings. The minimum atomic E-state index is -1.36. The highest BCUT2D eigenvalue weighted by atomic mass is 16.5. The Morgan fingerprint density at radius 2 is 2.06 bits per heavy atom. The van der Waals surface area contributed by atoms with Crippen LogP contribution in [0.1, 0.15) is 10.5 Å². The molecule has 1 heterocycles. The van der Waals surface area contributed by atoms with Crippen molar-refractivity contribution in [1.82, 2.24) is 9.78 Å². The van der Waals surface area contributed by atoms with Crippen LogP contribution in [-0.2, 0) is 0 Å². The summed E-state index contributed by atoms with van der Waals surface area (Å²) in [5, 5.41) is 14.6. The number of ether oxygens (including phenoxy) is 1. The first-order valence-electron chi connectivity index (χ1n) is 4.63. The summed E-state index contributed by atoms with van der Waals surface area (Å²) in [4.78, 5) is 10.8. The van der Waals surface area contributed by atoms with Crippen molar-refractivity contribution in [2.45, 2.75) is 0 Å². The number of carbonyl (C=O) groups excluding carboxylic acids is 1. The van der Waals surface area contributed by atoms with Crippen molar-refractivity contribution in [2.24, 2.45) is 0 Å². The van der Waals surface area contributed by atoms with Gasteiger partial charge in [-0.1, -0.05) is 18.2 Å². The van der Waals surface area contributed by atoms with Crippen LogP contribution in [0.3, 0.4) is 0 Å². The topological polar surface area (TPSA) is 67.2 Å². The zero-order valence-corrected chi connectivity index (χ0v) is 8.58. The molecule has 16 heavy (non-hydrogen) atoms. The lowest BCUT2D eigenvalue weighted by Gasteiger charge is -1.99. The van der Waals surface area contributed by atoms with E-state index in [0.29, 0.717) is 0 Å². The number of carboxylic acid groups (broad SMARTS) is 1. The maximum atomic E-state index is 10.8. The average Bonchev–Trinajstić information content (AvgIpc) is 2.74. The maximum absolute atomic E-state index is 10.8. The summed E-state index contributed by atoms with van der Waals surface area (Å²) in [5.41, 5.74) is 0.555. The van der Waals surface area contributed by atoms with E-state index < -0.39 is 5.97 Å². The van der Waals surface area contributed by atoms with Gasteiger partial charge in [0.1, 0.15) is 0 Å². The van der Waals surface area contributed by atoms with Gasteiger partial charge < -0.3 is 14.6 Å². The minimum Gasteiger partial charge on any atom is -0.543 e. The number of aromatic nitrogens is 2. The summed E-state index contributed by atoms with van der Waals surface area (Å²) in [7, 11) is 1.39. The Kier molecular flexibility index (Phi) is 2.59. The van der Waals surface area contributed by atoms with Gasteiger partial charge in [0.25, 0.3) is 0 Å². The van der Waals surface area contributed by atoms with Crippen LogP contribution in [0.4, 0.5) is 0 Å². The fraction of sp³-hybridized carbons (Fsp3) is 0.0909. The lowest BCUT2D eigenvalue weighted by Crippen LogP contribution is -2.23. The molecule has 2 aromatic rings. The summed E-state index contributed by atoms with van der Waals surface area (Å²) in [6.07, 6.45) is 1.50. The molecule has 0 saturated carbocycles. The predicted molar refractivity (Wildman–Crippen MR) is 54.4 cm³/mol. The molecule has 0 unspecified atom stereocenters. The van der Waals surface area contributed by atoms with Gasteiger partial charge in [-0.2, -0.15) is 5.10 Å². The van der Waals surface area contributed by atoms with Gasteiger partial charge in [0.15, 0.2) is 11.4 Å². The molecule has 5 heteroatoms. The third-order valence-corrected chi connectivity index (χ3v) is 2.11. The number of para-hydroxylation sites is 1. The Labute approximate surface area is 91.9 Å². The summed E-state index contributed by atoms with van der Waals surface area (Å²) < 4.78 is 6.34. The van der Waals surface area contributed by atoms with E-state index in [1.165, 1.54) is 18.0 Å². The van der Waals surface area contributed by atoms with Crippen molar-refractivity contribution in [1.29, 1.82) is 0 Å². The molecular weight excluding hydrogens is 208 g/mol. The molecule has 0 amide bonds. The molecular formula is C11H9N2O3-. The number of carbonyl (C=O) groups is 1. The second kappa shape index (κ2) is 4.06. The van der Waals surface area contributed by atoms with Gasteiger partial charge in [-0.05, 0) is 12.1 Å². The molecule has 82 valence electrons. The second-order valence-corrected chi connectivity index (χ2v) is 3.11. The summed E-state index contributed by atoms with van der Waals surface area (Å²) in [5.74, 6) is -1.17. The summed E-state index contributed by atoms with van der Waals surface area (Å²) >= 11 is 0.